The van der Waals surface area contributed by atoms with Crippen LogP contribution in [0.2, 0.25) is 0 Å². The SMILES string of the molecule is CCSc1nc(N2CCOCC2CC)cc(C)c1C(=O)NCc1cccc(F)c1. The summed E-state index contributed by atoms with van der Waals surface area (Å²) in [5, 5.41) is 3.65. The van der Waals surface area contributed by atoms with Gasteiger partial charge < -0.3 is 15.0 Å². The second-order valence-corrected chi connectivity index (χ2v) is 8.31. The smallest absolute Gasteiger partial charge is 0.254 e. The predicted octanol–water partition coefficient (Wildman–Crippen LogP) is 4.19. The minimum atomic E-state index is -0.308. The Kier molecular flexibility index (Phi) is 7.50. The first-order valence-corrected chi connectivity index (χ1v) is 11.0. The van der Waals surface area contributed by atoms with Crippen molar-refractivity contribution in [3.05, 3.63) is 52.8 Å². The molecule has 0 bridgehead atoms. The number of benzene rings is 1. The quantitative estimate of drug-likeness (QED) is 0.685. The van der Waals surface area contributed by atoms with Crippen LogP contribution >= 0.6 is 11.8 Å². The Morgan fingerprint density at radius 2 is 2.21 bits per heavy atom. The maximum atomic E-state index is 13.4. The van der Waals surface area contributed by atoms with Gasteiger partial charge in [-0.2, -0.15) is 0 Å². The van der Waals surface area contributed by atoms with Crippen LogP contribution in [0.1, 0.15) is 41.8 Å². The fourth-order valence-electron chi connectivity index (χ4n) is 3.50. The summed E-state index contributed by atoms with van der Waals surface area (Å²) in [6.45, 7) is 8.60. The van der Waals surface area contributed by atoms with Gasteiger partial charge in [0.15, 0.2) is 0 Å². The Labute approximate surface area is 176 Å². The van der Waals surface area contributed by atoms with Crippen molar-refractivity contribution in [1.82, 2.24) is 10.3 Å². The number of thioether (sulfide) groups is 1. The lowest BCUT2D eigenvalue weighted by Gasteiger charge is -2.36. The molecule has 1 fully saturated rings. The molecule has 29 heavy (non-hydrogen) atoms. The Hall–Kier alpha value is -2.12. The summed E-state index contributed by atoms with van der Waals surface area (Å²) >= 11 is 1.57. The molecule has 0 aliphatic carbocycles. The van der Waals surface area contributed by atoms with Crippen LogP contribution in [-0.4, -0.2) is 42.4 Å². The molecular weight excluding hydrogens is 389 g/mol. The van der Waals surface area contributed by atoms with Gasteiger partial charge in [-0.15, -0.1) is 11.8 Å². The minimum absolute atomic E-state index is 0.184. The lowest BCUT2D eigenvalue weighted by atomic mass is 10.1. The Bertz CT molecular complexity index is 862. The van der Waals surface area contributed by atoms with Crippen molar-refractivity contribution < 1.29 is 13.9 Å². The summed E-state index contributed by atoms with van der Waals surface area (Å²) in [6, 6.07) is 8.54. The van der Waals surface area contributed by atoms with Crippen molar-refractivity contribution in [1.29, 1.82) is 0 Å². The van der Waals surface area contributed by atoms with E-state index in [-0.39, 0.29) is 18.3 Å². The summed E-state index contributed by atoms with van der Waals surface area (Å²) in [5.74, 6) is 1.23. The van der Waals surface area contributed by atoms with Gasteiger partial charge in [0.2, 0.25) is 0 Å². The average Bonchev–Trinajstić information content (AvgIpc) is 2.72. The molecule has 7 heteroatoms. The van der Waals surface area contributed by atoms with E-state index < -0.39 is 0 Å². The van der Waals surface area contributed by atoms with Crippen LogP contribution in [0.4, 0.5) is 10.2 Å². The second-order valence-electron chi connectivity index (χ2n) is 7.05. The number of morpholine rings is 1. The molecule has 1 amide bonds. The molecule has 2 heterocycles. The number of carbonyl (C=O) groups is 1. The molecule has 1 aliphatic heterocycles. The second kappa shape index (κ2) is 10.1. The number of aryl methyl sites for hydroxylation is 1. The van der Waals surface area contributed by atoms with Gasteiger partial charge in [-0.05, 0) is 48.4 Å². The molecule has 3 rings (SSSR count). The number of nitrogens with zero attached hydrogens (tertiary/aromatic N) is 2. The third kappa shape index (κ3) is 5.28. The van der Waals surface area contributed by atoms with E-state index in [0.717, 1.165) is 40.7 Å². The van der Waals surface area contributed by atoms with Gasteiger partial charge >= 0.3 is 0 Å². The van der Waals surface area contributed by atoms with E-state index in [9.17, 15) is 9.18 Å². The highest BCUT2D eigenvalue weighted by Crippen LogP contribution is 2.29. The van der Waals surface area contributed by atoms with Gasteiger partial charge in [0.1, 0.15) is 16.7 Å². The number of aromatic nitrogens is 1. The molecule has 1 aromatic carbocycles. The van der Waals surface area contributed by atoms with Crippen molar-refractivity contribution in [2.75, 3.05) is 30.4 Å². The highest BCUT2D eigenvalue weighted by molar-refractivity contribution is 7.99. The van der Waals surface area contributed by atoms with Crippen molar-refractivity contribution in [2.45, 2.75) is 44.8 Å². The lowest BCUT2D eigenvalue weighted by Crippen LogP contribution is -2.45. The first-order chi connectivity index (χ1) is 14.0. The molecule has 1 saturated heterocycles. The van der Waals surface area contributed by atoms with Crippen LogP contribution in [0.15, 0.2) is 35.4 Å². The van der Waals surface area contributed by atoms with E-state index in [4.69, 9.17) is 9.72 Å². The van der Waals surface area contributed by atoms with Gasteiger partial charge in [0, 0.05) is 13.1 Å². The third-order valence-corrected chi connectivity index (χ3v) is 5.87. The topological polar surface area (TPSA) is 54.5 Å². The average molecular weight is 418 g/mol. The monoisotopic (exact) mass is 417 g/mol. The standard InChI is InChI=1S/C22H28FN3O2S/c1-4-18-14-28-10-9-26(18)19-11-15(3)20(22(25-19)29-5-2)21(27)24-13-16-7-6-8-17(23)12-16/h6-8,11-12,18H,4-5,9-10,13-14H2,1-3H3,(H,24,27). The molecule has 1 N–H and O–H groups in total. The Balaban J connectivity index is 1.84. The van der Waals surface area contributed by atoms with E-state index in [2.05, 4.69) is 17.1 Å². The summed E-state index contributed by atoms with van der Waals surface area (Å²) < 4.78 is 19.0. The molecule has 5 nitrogen and oxygen atoms in total. The van der Waals surface area contributed by atoms with Crippen LogP contribution < -0.4 is 10.2 Å². The number of amides is 1. The molecule has 2 aromatic rings. The highest BCUT2D eigenvalue weighted by Gasteiger charge is 2.25. The van der Waals surface area contributed by atoms with Gasteiger partial charge in [-0.1, -0.05) is 26.0 Å². The van der Waals surface area contributed by atoms with Gasteiger partial charge in [-0.3, -0.25) is 4.79 Å². The van der Waals surface area contributed by atoms with E-state index in [1.807, 2.05) is 19.9 Å². The molecule has 0 spiro atoms. The fraction of sp³-hybridized carbons (Fsp3) is 0.455. The Morgan fingerprint density at radius 1 is 1.38 bits per heavy atom. The van der Waals surface area contributed by atoms with Crippen LogP contribution in [0.25, 0.3) is 0 Å². The number of anilines is 1. The molecule has 1 aromatic heterocycles. The van der Waals surface area contributed by atoms with Crippen LogP contribution in [0.5, 0.6) is 0 Å². The maximum absolute atomic E-state index is 13.4. The predicted molar refractivity (Wildman–Crippen MR) is 115 cm³/mol. The molecule has 1 unspecified atom stereocenters. The molecule has 1 atom stereocenters. The summed E-state index contributed by atoms with van der Waals surface area (Å²) in [6.07, 6.45) is 0.979. The Morgan fingerprint density at radius 3 is 2.93 bits per heavy atom. The number of hydrogen-bond donors (Lipinski definition) is 1. The number of nitrogens with one attached hydrogen (secondary N) is 1. The largest absolute Gasteiger partial charge is 0.377 e. The lowest BCUT2D eigenvalue weighted by molar-refractivity contribution is 0.0922. The molecular formula is C22H28FN3O2S. The fourth-order valence-corrected chi connectivity index (χ4v) is 4.33. The molecule has 0 radical (unpaired) electrons. The summed E-state index contributed by atoms with van der Waals surface area (Å²) in [5.41, 5.74) is 2.21. The zero-order valence-corrected chi connectivity index (χ0v) is 18.0. The van der Waals surface area contributed by atoms with Crippen LogP contribution in [0.3, 0.4) is 0 Å². The number of ether oxygens (including phenoxy) is 1. The van der Waals surface area contributed by atoms with E-state index in [0.29, 0.717) is 24.8 Å². The van der Waals surface area contributed by atoms with E-state index >= 15 is 0 Å². The normalized spacial score (nSPS) is 16.7. The number of rotatable bonds is 7. The zero-order valence-electron chi connectivity index (χ0n) is 17.2. The zero-order chi connectivity index (χ0) is 20.8. The van der Waals surface area contributed by atoms with Crippen LogP contribution in [-0.2, 0) is 11.3 Å². The van der Waals surface area contributed by atoms with Crippen LogP contribution in [0, 0.1) is 12.7 Å². The highest BCUT2D eigenvalue weighted by atomic mass is 32.2. The third-order valence-electron chi connectivity index (χ3n) is 5.01. The number of halogens is 1. The summed E-state index contributed by atoms with van der Waals surface area (Å²) in [7, 11) is 0. The molecule has 0 saturated carbocycles. The van der Waals surface area contributed by atoms with Crippen molar-refractivity contribution >= 4 is 23.5 Å². The minimum Gasteiger partial charge on any atom is -0.377 e. The van der Waals surface area contributed by atoms with Gasteiger partial charge in [-0.25, -0.2) is 9.37 Å². The maximum Gasteiger partial charge on any atom is 0.254 e. The first kappa shape index (κ1) is 21.6. The molecule has 1 aliphatic rings. The van der Waals surface area contributed by atoms with Gasteiger partial charge in [0.05, 0.1) is 24.8 Å². The van der Waals surface area contributed by atoms with E-state index in [1.165, 1.54) is 12.1 Å². The number of pyridine rings is 1. The van der Waals surface area contributed by atoms with Gasteiger partial charge in [0.25, 0.3) is 5.91 Å². The van der Waals surface area contributed by atoms with Crippen molar-refractivity contribution in [3.63, 3.8) is 0 Å². The first-order valence-electron chi connectivity index (χ1n) is 10.0. The van der Waals surface area contributed by atoms with Crippen molar-refractivity contribution in [3.8, 4) is 0 Å². The number of hydrogen-bond acceptors (Lipinski definition) is 5. The van der Waals surface area contributed by atoms with E-state index in [1.54, 1.807) is 23.9 Å². The summed E-state index contributed by atoms with van der Waals surface area (Å²) in [4.78, 5) is 20.1. The molecule has 156 valence electrons. The van der Waals surface area contributed by atoms with Crippen molar-refractivity contribution in [2.24, 2.45) is 0 Å². The number of carbonyl (C=O) groups excluding carboxylic acids is 1.